The van der Waals surface area contributed by atoms with Gasteiger partial charge in [0.15, 0.2) is 5.96 Å². The summed E-state index contributed by atoms with van der Waals surface area (Å²) in [6, 6.07) is 12.9. The summed E-state index contributed by atoms with van der Waals surface area (Å²) in [5.74, 6) is 1.22. The minimum atomic E-state index is -3.38. The molecule has 1 aromatic heterocycles. The largest absolute Gasteiger partial charge is 0.356 e. The summed E-state index contributed by atoms with van der Waals surface area (Å²) in [4.78, 5) is 7.24. The number of nitrogens with zero attached hydrogens (tertiary/aromatic N) is 2. The predicted molar refractivity (Wildman–Crippen MR) is 115 cm³/mol. The van der Waals surface area contributed by atoms with Crippen molar-refractivity contribution in [3.63, 3.8) is 0 Å². The van der Waals surface area contributed by atoms with Crippen LogP contribution < -0.4 is 10.6 Å². The van der Waals surface area contributed by atoms with Gasteiger partial charge in [-0.2, -0.15) is 4.31 Å². The van der Waals surface area contributed by atoms with E-state index in [0.29, 0.717) is 23.9 Å². The highest BCUT2D eigenvalue weighted by Gasteiger charge is 2.29. The number of guanidine groups is 1. The Morgan fingerprint density at radius 2 is 1.86 bits per heavy atom. The van der Waals surface area contributed by atoms with Gasteiger partial charge in [0.1, 0.15) is 0 Å². The maximum Gasteiger partial charge on any atom is 0.243 e. The zero-order valence-electron chi connectivity index (χ0n) is 16.4. The van der Waals surface area contributed by atoms with Gasteiger partial charge in [-0.1, -0.05) is 18.2 Å². The van der Waals surface area contributed by atoms with E-state index in [9.17, 15) is 8.42 Å². The number of rotatable bonds is 6. The van der Waals surface area contributed by atoms with Gasteiger partial charge in [0.25, 0.3) is 0 Å². The van der Waals surface area contributed by atoms with E-state index >= 15 is 0 Å². The van der Waals surface area contributed by atoms with Crippen molar-refractivity contribution < 1.29 is 8.42 Å². The Balaban J connectivity index is 1.45. The normalized spacial score (nSPS) is 16.9. The summed E-state index contributed by atoms with van der Waals surface area (Å²) >= 11 is 1.78. The van der Waals surface area contributed by atoms with Crippen LogP contribution in [-0.4, -0.2) is 45.4 Å². The first-order chi connectivity index (χ1) is 13.5. The quantitative estimate of drug-likeness (QED) is 0.557. The lowest BCUT2D eigenvalue weighted by Crippen LogP contribution is -2.43. The Bertz CT molecular complexity index is 886. The van der Waals surface area contributed by atoms with Gasteiger partial charge in [-0.15, -0.1) is 11.3 Å². The highest BCUT2D eigenvalue weighted by Crippen LogP contribution is 2.23. The average molecular weight is 421 g/mol. The van der Waals surface area contributed by atoms with Gasteiger partial charge in [-0.05, 0) is 49.9 Å². The minimum Gasteiger partial charge on any atom is -0.356 e. The molecule has 1 aliphatic rings. The molecule has 0 aliphatic carbocycles. The van der Waals surface area contributed by atoms with E-state index in [1.807, 2.05) is 6.07 Å². The Kier molecular flexibility index (Phi) is 7.09. The standard InChI is InChI=1S/C20H28N4O2S2/c1-16-8-9-18(27-16)15-23-20(21-2)22-14-17-10-12-24(13-11-17)28(25,26)19-6-4-3-5-7-19/h3-9,17H,10-15H2,1-2H3,(H2,21,22,23). The van der Waals surface area contributed by atoms with Crippen molar-refractivity contribution in [1.82, 2.24) is 14.9 Å². The zero-order valence-corrected chi connectivity index (χ0v) is 18.0. The lowest BCUT2D eigenvalue weighted by Gasteiger charge is -2.31. The topological polar surface area (TPSA) is 73.8 Å². The van der Waals surface area contributed by atoms with E-state index in [2.05, 4.69) is 34.7 Å². The third-order valence-electron chi connectivity index (χ3n) is 4.96. The molecule has 152 valence electrons. The molecular formula is C20H28N4O2S2. The number of aliphatic imine (C=N–C) groups is 1. The monoisotopic (exact) mass is 420 g/mol. The molecule has 2 N–H and O–H groups in total. The number of sulfonamides is 1. The first-order valence-electron chi connectivity index (χ1n) is 9.54. The maximum absolute atomic E-state index is 12.7. The number of aryl methyl sites for hydroxylation is 1. The van der Waals surface area contributed by atoms with Crippen LogP contribution in [0.1, 0.15) is 22.6 Å². The van der Waals surface area contributed by atoms with E-state index in [-0.39, 0.29) is 0 Å². The first kappa shape index (κ1) is 20.8. The lowest BCUT2D eigenvalue weighted by molar-refractivity contribution is 0.273. The van der Waals surface area contributed by atoms with Crippen molar-refractivity contribution in [2.45, 2.75) is 31.2 Å². The summed E-state index contributed by atoms with van der Waals surface area (Å²) in [5, 5.41) is 6.71. The number of nitrogens with one attached hydrogen (secondary N) is 2. The third-order valence-corrected chi connectivity index (χ3v) is 7.88. The predicted octanol–water partition coefficient (Wildman–Crippen LogP) is 2.82. The molecule has 0 atom stereocenters. The number of thiophene rings is 1. The van der Waals surface area contributed by atoms with Gasteiger partial charge in [-0.3, -0.25) is 4.99 Å². The molecule has 1 aromatic carbocycles. The zero-order chi connectivity index (χ0) is 20.0. The Morgan fingerprint density at radius 3 is 2.46 bits per heavy atom. The molecule has 1 aliphatic heterocycles. The van der Waals surface area contributed by atoms with Crippen molar-refractivity contribution >= 4 is 27.3 Å². The molecule has 1 fully saturated rings. The van der Waals surface area contributed by atoms with Crippen molar-refractivity contribution in [1.29, 1.82) is 0 Å². The molecule has 1 saturated heterocycles. The smallest absolute Gasteiger partial charge is 0.243 e. The van der Waals surface area contributed by atoms with Crippen LogP contribution in [0.4, 0.5) is 0 Å². The molecule has 0 bridgehead atoms. The number of benzene rings is 1. The second-order valence-electron chi connectivity index (χ2n) is 6.98. The van der Waals surface area contributed by atoms with Crippen LogP contribution >= 0.6 is 11.3 Å². The summed E-state index contributed by atoms with van der Waals surface area (Å²) in [6.45, 7) is 4.77. The second-order valence-corrected chi connectivity index (χ2v) is 10.3. The number of piperidine rings is 1. The van der Waals surface area contributed by atoms with Crippen molar-refractivity contribution in [2.75, 3.05) is 26.7 Å². The van der Waals surface area contributed by atoms with Crippen LogP contribution in [0.5, 0.6) is 0 Å². The molecule has 0 unspecified atom stereocenters. The molecule has 0 spiro atoms. The number of hydrogen-bond acceptors (Lipinski definition) is 4. The van der Waals surface area contributed by atoms with Crippen LogP contribution in [0.15, 0.2) is 52.4 Å². The Morgan fingerprint density at radius 1 is 1.14 bits per heavy atom. The first-order valence-corrected chi connectivity index (χ1v) is 11.8. The van der Waals surface area contributed by atoms with Crippen molar-refractivity contribution in [3.05, 3.63) is 52.2 Å². The highest BCUT2D eigenvalue weighted by atomic mass is 32.2. The molecule has 0 saturated carbocycles. The summed E-state index contributed by atoms with van der Waals surface area (Å²) in [7, 11) is -1.61. The van der Waals surface area contributed by atoms with Crippen LogP contribution in [0, 0.1) is 12.8 Å². The molecule has 2 aromatic rings. The van der Waals surface area contributed by atoms with Gasteiger partial charge in [-0.25, -0.2) is 8.42 Å². The van der Waals surface area contributed by atoms with Crippen LogP contribution in [0.2, 0.25) is 0 Å². The molecule has 8 heteroatoms. The summed E-state index contributed by atoms with van der Waals surface area (Å²) in [6.07, 6.45) is 1.69. The average Bonchev–Trinajstić information content (AvgIpc) is 3.14. The van der Waals surface area contributed by atoms with Crippen LogP contribution in [0.3, 0.4) is 0 Å². The molecule has 3 rings (SSSR count). The van der Waals surface area contributed by atoms with Gasteiger partial charge in [0, 0.05) is 36.4 Å². The molecular weight excluding hydrogens is 392 g/mol. The number of hydrogen-bond donors (Lipinski definition) is 2. The third kappa shape index (κ3) is 5.33. The Hall–Kier alpha value is -1.90. The lowest BCUT2D eigenvalue weighted by atomic mass is 9.98. The van der Waals surface area contributed by atoms with E-state index in [4.69, 9.17) is 0 Å². The van der Waals surface area contributed by atoms with E-state index < -0.39 is 10.0 Å². The van der Waals surface area contributed by atoms with E-state index in [1.165, 1.54) is 9.75 Å². The van der Waals surface area contributed by atoms with E-state index in [1.54, 1.807) is 47.0 Å². The molecule has 2 heterocycles. The fourth-order valence-electron chi connectivity index (χ4n) is 3.31. The fourth-order valence-corrected chi connectivity index (χ4v) is 5.63. The highest BCUT2D eigenvalue weighted by molar-refractivity contribution is 7.89. The molecule has 6 nitrogen and oxygen atoms in total. The van der Waals surface area contributed by atoms with Gasteiger partial charge in [0.05, 0.1) is 11.4 Å². The molecule has 28 heavy (non-hydrogen) atoms. The van der Waals surface area contributed by atoms with Crippen LogP contribution in [-0.2, 0) is 16.6 Å². The van der Waals surface area contributed by atoms with Gasteiger partial charge in [0.2, 0.25) is 10.0 Å². The van der Waals surface area contributed by atoms with Gasteiger partial charge < -0.3 is 10.6 Å². The van der Waals surface area contributed by atoms with Crippen LogP contribution in [0.25, 0.3) is 0 Å². The SMILES string of the molecule is CN=C(NCc1ccc(C)s1)NCC1CCN(S(=O)(=O)c2ccccc2)CC1. The van der Waals surface area contributed by atoms with Crippen molar-refractivity contribution in [2.24, 2.45) is 10.9 Å². The fraction of sp³-hybridized carbons (Fsp3) is 0.450. The molecule has 0 amide bonds. The molecule has 0 radical (unpaired) electrons. The second kappa shape index (κ2) is 9.54. The Labute approximate surface area is 171 Å². The minimum absolute atomic E-state index is 0.375. The van der Waals surface area contributed by atoms with Crippen molar-refractivity contribution in [3.8, 4) is 0 Å². The maximum atomic E-state index is 12.7. The van der Waals surface area contributed by atoms with Gasteiger partial charge >= 0.3 is 0 Å². The van der Waals surface area contributed by atoms with E-state index in [0.717, 1.165) is 31.9 Å². The summed E-state index contributed by atoms with van der Waals surface area (Å²) < 4.78 is 27.0. The summed E-state index contributed by atoms with van der Waals surface area (Å²) in [5.41, 5.74) is 0.